The first-order valence-electron chi connectivity index (χ1n) is 6.33. The van der Waals surface area contributed by atoms with Crippen LogP contribution in [0.15, 0.2) is 0 Å². The van der Waals surface area contributed by atoms with Crippen LogP contribution in [0.25, 0.3) is 0 Å². The Balaban J connectivity index is 3.35. The van der Waals surface area contributed by atoms with Gasteiger partial charge in [-0.25, -0.2) is 0 Å². The van der Waals surface area contributed by atoms with Crippen molar-refractivity contribution in [3.63, 3.8) is 0 Å². The van der Waals surface area contributed by atoms with E-state index in [0.29, 0.717) is 6.42 Å². The van der Waals surface area contributed by atoms with Crippen LogP contribution in [-0.4, -0.2) is 24.5 Å². The van der Waals surface area contributed by atoms with E-state index in [1.54, 1.807) is 0 Å². The van der Waals surface area contributed by atoms with Gasteiger partial charge in [-0.2, -0.15) is 0 Å². The molecule has 0 bridgehead atoms. The van der Waals surface area contributed by atoms with Crippen molar-refractivity contribution in [3.05, 3.63) is 0 Å². The molecular weight excluding hydrogens is 200 g/mol. The van der Waals surface area contributed by atoms with Crippen molar-refractivity contribution in [3.8, 4) is 0 Å². The van der Waals surface area contributed by atoms with Crippen LogP contribution in [0, 0.1) is 5.92 Å². The monoisotopic (exact) mass is 228 g/mol. The van der Waals surface area contributed by atoms with Crippen LogP contribution < -0.4 is 10.6 Å². The van der Waals surface area contributed by atoms with E-state index in [-0.39, 0.29) is 11.4 Å². The summed E-state index contributed by atoms with van der Waals surface area (Å²) in [5, 5.41) is 6.25. The van der Waals surface area contributed by atoms with Crippen molar-refractivity contribution in [1.29, 1.82) is 0 Å². The first kappa shape index (κ1) is 15.4. The van der Waals surface area contributed by atoms with Crippen molar-refractivity contribution >= 4 is 5.91 Å². The molecule has 0 aliphatic heterocycles. The van der Waals surface area contributed by atoms with Gasteiger partial charge in [0.1, 0.15) is 0 Å². The molecule has 0 rings (SSSR count). The van der Waals surface area contributed by atoms with Crippen molar-refractivity contribution in [1.82, 2.24) is 10.6 Å². The molecule has 0 unspecified atom stereocenters. The van der Waals surface area contributed by atoms with E-state index < -0.39 is 0 Å². The minimum Gasteiger partial charge on any atom is -0.351 e. The maximum absolute atomic E-state index is 11.4. The summed E-state index contributed by atoms with van der Waals surface area (Å²) in [5.41, 5.74) is -0.116. The molecule has 0 fully saturated rings. The third kappa shape index (κ3) is 11.5. The fourth-order valence-corrected chi connectivity index (χ4v) is 1.44. The smallest absolute Gasteiger partial charge is 0.221 e. The molecule has 0 heterocycles. The van der Waals surface area contributed by atoms with Gasteiger partial charge in [0.2, 0.25) is 5.91 Å². The van der Waals surface area contributed by atoms with Gasteiger partial charge in [-0.15, -0.1) is 0 Å². The Labute approximate surface area is 100 Å². The molecule has 0 spiro atoms. The van der Waals surface area contributed by atoms with E-state index >= 15 is 0 Å². The number of hydrogen-bond donors (Lipinski definition) is 2. The lowest BCUT2D eigenvalue weighted by Gasteiger charge is -2.20. The summed E-state index contributed by atoms with van der Waals surface area (Å²) in [4.78, 5) is 11.4. The van der Waals surface area contributed by atoms with E-state index in [2.05, 4.69) is 24.5 Å². The Morgan fingerprint density at radius 1 is 1.19 bits per heavy atom. The van der Waals surface area contributed by atoms with Gasteiger partial charge in [0.15, 0.2) is 0 Å². The summed E-state index contributed by atoms with van der Waals surface area (Å²) in [6.45, 7) is 12.3. The summed E-state index contributed by atoms with van der Waals surface area (Å²) in [6.07, 6.45) is 3.01. The standard InChI is InChI=1S/C13H28N2O/c1-11(2)7-6-9-14-10-8-12(16)15-13(3,4)5/h11,14H,6-10H2,1-5H3,(H,15,16). The molecule has 0 atom stereocenters. The molecule has 1 amide bonds. The Hall–Kier alpha value is -0.570. The average molecular weight is 228 g/mol. The van der Waals surface area contributed by atoms with Crippen LogP contribution in [0.3, 0.4) is 0 Å². The van der Waals surface area contributed by atoms with E-state index in [1.807, 2.05) is 20.8 Å². The second-order valence-corrected chi connectivity index (χ2v) is 5.83. The molecule has 3 heteroatoms. The number of amides is 1. The van der Waals surface area contributed by atoms with Gasteiger partial charge in [0, 0.05) is 18.5 Å². The number of hydrogen-bond acceptors (Lipinski definition) is 2. The molecule has 0 aromatic rings. The topological polar surface area (TPSA) is 41.1 Å². The molecule has 0 radical (unpaired) electrons. The van der Waals surface area contributed by atoms with Gasteiger partial charge in [-0.05, 0) is 46.1 Å². The van der Waals surface area contributed by atoms with Crippen molar-refractivity contribution < 1.29 is 4.79 Å². The van der Waals surface area contributed by atoms with Crippen LogP contribution in [0.2, 0.25) is 0 Å². The third-order valence-corrected chi connectivity index (χ3v) is 2.18. The van der Waals surface area contributed by atoms with Crippen LogP contribution in [0.5, 0.6) is 0 Å². The average Bonchev–Trinajstić information content (AvgIpc) is 2.07. The van der Waals surface area contributed by atoms with E-state index in [0.717, 1.165) is 19.0 Å². The van der Waals surface area contributed by atoms with Crippen LogP contribution in [0.4, 0.5) is 0 Å². The van der Waals surface area contributed by atoms with Gasteiger partial charge in [0.05, 0.1) is 0 Å². The van der Waals surface area contributed by atoms with Crippen LogP contribution in [-0.2, 0) is 4.79 Å². The molecule has 0 aromatic heterocycles. The quantitative estimate of drug-likeness (QED) is 0.657. The van der Waals surface area contributed by atoms with Crippen LogP contribution >= 0.6 is 0 Å². The highest BCUT2D eigenvalue weighted by molar-refractivity contribution is 5.76. The second-order valence-electron chi connectivity index (χ2n) is 5.83. The molecule has 2 N–H and O–H groups in total. The lowest BCUT2D eigenvalue weighted by molar-refractivity contribution is -0.122. The normalized spacial score (nSPS) is 11.9. The fraction of sp³-hybridized carbons (Fsp3) is 0.923. The summed E-state index contributed by atoms with van der Waals surface area (Å²) < 4.78 is 0. The summed E-state index contributed by atoms with van der Waals surface area (Å²) >= 11 is 0. The lowest BCUT2D eigenvalue weighted by Crippen LogP contribution is -2.41. The maximum Gasteiger partial charge on any atom is 0.221 e. The summed E-state index contributed by atoms with van der Waals surface area (Å²) in [5.74, 6) is 0.898. The second kappa shape index (κ2) is 7.66. The minimum absolute atomic E-state index is 0.116. The molecule has 0 saturated heterocycles. The lowest BCUT2D eigenvalue weighted by atomic mass is 10.1. The van der Waals surface area contributed by atoms with E-state index in [1.165, 1.54) is 12.8 Å². The Kier molecular flexibility index (Phi) is 7.39. The first-order chi connectivity index (χ1) is 7.31. The highest BCUT2D eigenvalue weighted by atomic mass is 16.1. The number of nitrogens with one attached hydrogen (secondary N) is 2. The summed E-state index contributed by atoms with van der Waals surface area (Å²) in [6, 6.07) is 0. The Bertz CT molecular complexity index is 195. The number of carbonyl (C=O) groups is 1. The fourth-order valence-electron chi connectivity index (χ4n) is 1.44. The maximum atomic E-state index is 11.4. The third-order valence-electron chi connectivity index (χ3n) is 2.18. The van der Waals surface area contributed by atoms with Gasteiger partial charge in [-0.1, -0.05) is 13.8 Å². The van der Waals surface area contributed by atoms with Gasteiger partial charge < -0.3 is 10.6 Å². The van der Waals surface area contributed by atoms with E-state index in [9.17, 15) is 4.79 Å². The molecular formula is C13H28N2O. The highest BCUT2D eigenvalue weighted by Gasteiger charge is 2.12. The molecule has 16 heavy (non-hydrogen) atoms. The molecule has 0 aliphatic rings. The SMILES string of the molecule is CC(C)CCCNCCC(=O)NC(C)(C)C. The van der Waals surface area contributed by atoms with Gasteiger partial charge >= 0.3 is 0 Å². The van der Waals surface area contributed by atoms with Gasteiger partial charge in [0.25, 0.3) is 0 Å². The molecule has 0 saturated carbocycles. The zero-order valence-corrected chi connectivity index (χ0v) is 11.5. The molecule has 0 aliphatic carbocycles. The first-order valence-corrected chi connectivity index (χ1v) is 6.33. The Morgan fingerprint density at radius 2 is 1.81 bits per heavy atom. The van der Waals surface area contributed by atoms with Crippen molar-refractivity contribution in [2.24, 2.45) is 5.92 Å². The summed E-state index contributed by atoms with van der Waals surface area (Å²) in [7, 11) is 0. The number of carbonyl (C=O) groups excluding carboxylic acids is 1. The van der Waals surface area contributed by atoms with E-state index in [4.69, 9.17) is 0 Å². The predicted molar refractivity (Wildman–Crippen MR) is 69.5 cm³/mol. The highest BCUT2D eigenvalue weighted by Crippen LogP contribution is 2.01. The molecule has 96 valence electrons. The largest absolute Gasteiger partial charge is 0.351 e. The van der Waals surface area contributed by atoms with Gasteiger partial charge in [-0.3, -0.25) is 4.79 Å². The molecule has 3 nitrogen and oxygen atoms in total. The van der Waals surface area contributed by atoms with Crippen molar-refractivity contribution in [2.75, 3.05) is 13.1 Å². The predicted octanol–water partition coefficient (Wildman–Crippen LogP) is 2.32. The van der Waals surface area contributed by atoms with Crippen molar-refractivity contribution in [2.45, 2.75) is 59.4 Å². The zero-order valence-electron chi connectivity index (χ0n) is 11.5. The molecule has 0 aromatic carbocycles. The minimum atomic E-state index is -0.116. The Morgan fingerprint density at radius 3 is 2.31 bits per heavy atom. The zero-order chi connectivity index (χ0) is 12.6. The number of rotatable bonds is 7. The van der Waals surface area contributed by atoms with Crippen LogP contribution in [0.1, 0.15) is 53.9 Å².